The fourth-order valence-electron chi connectivity index (χ4n) is 5.21. The van der Waals surface area contributed by atoms with Crippen LogP contribution in [0.2, 0.25) is 0 Å². The van der Waals surface area contributed by atoms with Gasteiger partial charge < -0.3 is 14.4 Å². The third kappa shape index (κ3) is 5.03. The molecule has 0 N–H and O–H groups in total. The van der Waals surface area contributed by atoms with Crippen LogP contribution in [0.25, 0.3) is 10.9 Å². The standard InChI is InChI=1S/C26H31FN4O.C2H6/c1-28-12-3-4-24-23(17-28)22-10-9-21(16-25(22)29(24)2)31-15-14-30(18-26(31)32)13-11-19-5-7-20(27)8-6-19;1-2/h5-10,16H,3-4,11-15,17-18H2,1-2H3;1-2H3. The van der Waals surface area contributed by atoms with Gasteiger partial charge in [-0.1, -0.05) is 32.0 Å². The van der Waals surface area contributed by atoms with Crippen LogP contribution in [0.1, 0.15) is 37.1 Å². The minimum absolute atomic E-state index is 0.144. The van der Waals surface area contributed by atoms with Crippen molar-refractivity contribution in [2.75, 3.05) is 44.7 Å². The van der Waals surface area contributed by atoms with E-state index in [1.165, 1.54) is 40.7 Å². The smallest absolute Gasteiger partial charge is 0.241 e. The van der Waals surface area contributed by atoms with Crippen molar-refractivity contribution in [3.63, 3.8) is 0 Å². The first-order chi connectivity index (χ1) is 16.5. The minimum Gasteiger partial charge on any atom is -0.347 e. The zero-order valence-corrected chi connectivity index (χ0v) is 21.0. The molecule has 2 aliphatic heterocycles. The summed E-state index contributed by atoms with van der Waals surface area (Å²) in [4.78, 5) is 19.5. The molecular weight excluding hydrogens is 427 g/mol. The number of carbonyl (C=O) groups is 1. The number of aryl methyl sites for hydroxylation is 1. The lowest BCUT2D eigenvalue weighted by Gasteiger charge is -2.34. The molecule has 5 nitrogen and oxygen atoms in total. The molecule has 0 spiro atoms. The molecule has 0 aliphatic carbocycles. The molecule has 182 valence electrons. The van der Waals surface area contributed by atoms with Crippen LogP contribution in [0.5, 0.6) is 0 Å². The average molecular weight is 465 g/mol. The Bertz CT molecular complexity index is 1140. The monoisotopic (exact) mass is 464 g/mol. The Balaban J connectivity index is 0.00000133. The van der Waals surface area contributed by atoms with E-state index in [0.717, 1.165) is 50.3 Å². The van der Waals surface area contributed by atoms with E-state index in [1.54, 1.807) is 0 Å². The summed E-state index contributed by atoms with van der Waals surface area (Å²) in [5.41, 5.74) is 6.17. The van der Waals surface area contributed by atoms with E-state index in [4.69, 9.17) is 0 Å². The van der Waals surface area contributed by atoms with Crippen LogP contribution < -0.4 is 4.90 Å². The van der Waals surface area contributed by atoms with E-state index in [2.05, 4.69) is 46.7 Å². The fraction of sp³-hybridized carbons (Fsp3) is 0.464. The predicted molar refractivity (Wildman–Crippen MR) is 138 cm³/mol. The Labute approximate surface area is 202 Å². The van der Waals surface area contributed by atoms with E-state index in [9.17, 15) is 9.18 Å². The lowest BCUT2D eigenvalue weighted by atomic mass is 10.1. The van der Waals surface area contributed by atoms with E-state index in [1.807, 2.05) is 30.9 Å². The van der Waals surface area contributed by atoms with Crippen LogP contribution in [0.4, 0.5) is 10.1 Å². The maximum absolute atomic E-state index is 13.1. The highest BCUT2D eigenvalue weighted by Crippen LogP contribution is 2.32. The number of amides is 1. The highest BCUT2D eigenvalue weighted by Gasteiger charge is 2.26. The molecule has 0 bridgehead atoms. The number of rotatable bonds is 4. The molecule has 2 aromatic carbocycles. The highest BCUT2D eigenvalue weighted by molar-refractivity contribution is 5.98. The van der Waals surface area contributed by atoms with Gasteiger partial charge in [0, 0.05) is 50.0 Å². The summed E-state index contributed by atoms with van der Waals surface area (Å²) in [6.07, 6.45) is 3.10. The number of hydrogen-bond donors (Lipinski definition) is 0. The predicted octanol–water partition coefficient (Wildman–Crippen LogP) is 4.61. The van der Waals surface area contributed by atoms with Crippen molar-refractivity contribution in [3.05, 3.63) is 65.1 Å². The second-order valence-electron chi connectivity index (χ2n) is 9.23. The van der Waals surface area contributed by atoms with E-state index in [0.29, 0.717) is 13.1 Å². The Hall–Kier alpha value is -2.70. The van der Waals surface area contributed by atoms with Crippen molar-refractivity contribution in [2.24, 2.45) is 7.05 Å². The number of piperazine rings is 1. The van der Waals surface area contributed by atoms with Gasteiger partial charge in [0.15, 0.2) is 0 Å². The molecule has 2 aliphatic rings. The van der Waals surface area contributed by atoms with Gasteiger partial charge in [0.05, 0.1) is 12.1 Å². The van der Waals surface area contributed by atoms with E-state index in [-0.39, 0.29) is 11.7 Å². The first-order valence-corrected chi connectivity index (χ1v) is 12.6. The summed E-state index contributed by atoms with van der Waals surface area (Å²) in [6, 6.07) is 13.1. The topological polar surface area (TPSA) is 31.7 Å². The Morgan fingerprint density at radius 3 is 2.44 bits per heavy atom. The summed E-state index contributed by atoms with van der Waals surface area (Å²) >= 11 is 0. The van der Waals surface area contributed by atoms with Gasteiger partial charge in [-0.2, -0.15) is 0 Å². The summed E-state index contributed by atoms with van der Waals surface area (Å²) in [6.45, 7) is 8.89. The van der Waals surface area contributed by atoms with Gasteiger partial charge >= 0.3 is 0 Å². The number of carbonyl (C=O) groups excluding carboxylic acids is 1. The second-order valence-corrected chi connectivity index (χ2v) is 9.23. The molecule has 0 unspecified atom stereocenters. The molecule has 6 heteroatoms. The molecule has 1 amide bonds. The van der Waals surface area contributed by atoms with Gasteiger partial charge in [0.25, 0.3) is 0 Å². The van der Waals surface area contributed by atoms with Crippen molar-refractivity contribution in [3.8, 4) is 0 Å². The fourth-order valence-corrected chi connectivity index (χ4v) is 5.21. The van der Waals surface area contributed by atoms with Crippen LogP contribution >= 0.6 is 0 Å². The van der Waals surface area contributed by atoms with Crippen LogP contribution in [0.15, 0.2) is 42.5 Å². The van der Waals surface area contributed by atoms with Gasteiger partial charge in [0.1, 0.15) is 5.82 Å². The molecule has 1 saturated heterocycles. The summed E-state index contributed by atoms with van der Waals surface area (Å²) in [5, 5.41) is 1.31. The largest absolute Gasteiger partial charge is 0.347 e. The number of halogens is 1. The molecule has 0 saturated carbocycles. The van der Waals surface area contributed by atoms with Crippen molar-refractivity contribution >= 4 is 22.5 Å². The number of fused-ring (bicyclic) bond motifs is 3. The molecule has 3 aromatic rings. The molecule has 5 rings (SSSR count). The molecular formula is C28H37FN4O. The van der Waals surface area contributed by atoms with Gasteiger partial charge in [-0.3, -0.25) is 9.69 Å². The van der Waals surface area contributed by atoms with Gasteiger partial charge in [0.2, 0.25) is 5.91 Å². The van der Waals surface area contributed by atoms with Crippen molar-refractivity contribution in [1.82, 2.24) is 14.4 Å². The summed E-state index contributed by atoms with van der Waals surface area (Å²) in [7, 11) is 4.35. The number of aromatic nitrogens is 1. The quantitative estimate of drug-likeness (QED) is 0.565. The zero-order chi connectivity index (χ0) is 24.2. The third-order valence-corrected chi connectivity index (χ3v) is 7.04. The molecule has 0 radical (unpaired) electrons. The van der Waals surface area contributed by atoms with Crippen LogP contribution in [-0.4, -0.2) is 60.0 Å². The lowest BCUT2D eigenvalue weighted by molar-refractivity contribution is -0.121. The van der Waals surface area contributed by atoms with Crippen LogP contribution in [0.3, 0.4) is 0 Å². The number of anilines is 1. The van der Waals surface area contributed by atoms with E-state index < -0.39 is 0 Å². The number of hydrogen-bond acceptors (Lipinski definition) is 3. The summed E-state index contributed by atoms with van der Waals surface area (Å²) in [5.74, 6) is -0.0682. The van der Waals surface area contributed by atoms with Crippen molar-refractivity contribution < 1.29 is 9.18 Å². The van der Waals surface area contributed by atoms with Gasteiger partial charge in [-0.15, -0.1) is 0 Å². The SMILES string of the molecule is CC.CN1CCCc2c(c3ccc(N4CCN(CCc5ccc(F)cc5)CC4=O)cc3n2C)C1. The first-order valence-electron chi connectivity index (χ1n) is 12.6. The molecule has 1 fully saturated rings. The van der Waals surface area contributed by atoms with Crippen molar-refractivity contribution in [1.29, 1.82) is 0 Å². The zero-order valence-electron chi connectivity index (χ0n) is 21.0. The average Bonchev–Trinajstić information content (AvgIpc) is 2.98. The Kier molecular flexibility index (Phi) is 7.69. The van der Waals surface area contributed by atoms with Crippen molar-refractivity contribution in [2.45, 2.75) is 39.7 Å². The molecule has 0 atom stereocenters. The second kappa shape index (κ2) is 10.7. The number of benzene rings is 2. The molecule has 34 heavy (non-hydrogen) atoms. The van der Waals surface area contributed by atoms with Gasteiger partial charge in [-0.05, 0) is 68.2 Å². The highest BCUT2D eigenvalue weighted by atomic mass is 19.1. The third-order valence-electron chi connectivity index (χ3n) is 7.04. The lowest BCUT2D eigenvalue weighted by Crippen LogP contribution is -2.50. The maximum atomic E-state index is 13.1. The minimum atomic E-state index is -0.212. The normalized spacial score (nSPS) is 17.3. The number of nitrogens with zero attached hydrogens (tertiary/aromatic N) is 4. The van der Waals surface area contributed by atoms with Crippen LogP contribution in [0, 0.1) is 5.82 Å². The molecule has 3 heterocycles. The van der Waals surface area contributed by atoms with Crippen LogP contribution in [-0.2, 0) is 31.2 Å². The van der Waals surface area contributed by atoms with E-state index >= 15 is 0 Å². The Morgan fingerprint density at radius 1 is 0.941 bits per heavy atom. The molecule has 1 aromatic heterocycles. The van der Waals surface area contributed by atoms with Gasteiger partial charge in [-0.25, -0.2) is 4.39 Å². The Morgan fingerprint density at radius 2 is 1.71 bits per heavy atom. The maximum Gasteiger partial charge on any atom is 0.241 e. The summed E-state index contributed by atoms with van der Waals surface area (Å²) < 4.78 is 15.4. The first kappa shape index (κ1) is 24.4.